The van der Waals surface area contributed by atoms with Crippen molar-refractivity contribution in [2.45, 2.75) is 39.4 Å². The van der Waals surface area contributed by atoms with E-state index in [1.165, 1.54) is 17.5 Å². The number of carbonyl (C=O) groups is 1. The minimum Gasteiger partial charge on any atom is -0.462 e. The van der Waals surface area contributed by atoms with Gasteiger partial charge < -0.3 is 4.74 Å². The number of carbonyl (C=O) groups excluding carboxylic acids is 1. The number of aryl methyl sites for hydroxylation is 2. The zero-order valence-corrected chi connectivity index (χ0v) is 13.5. The smallest absolute Gasteiger partial charge is 0.408 e. The normalized spacial score (nSPS) is 13.6. The third-order valence-electron chi connectivity index (χ3n) is 3.70. The number of fused-ring (bicyclic) bond motifs is 3. The van der Waals surface area contributed by atoms with Gasteiger partial charge in [-0.25, -0.2) is 4.79 Å². The van der Waals surface area contributed by atoms with Crippen LogP contribution in [0.5, 0.6) is 0 Å². The van der Waals surface area contributed by atoms with Crippen LogP contribution >= 0.6 is 11.3 Å². The van der Waals surface area contributed by atoms with E-state index in [1.54, 1.807) is 6.92 Å². The van der Waals surface area contributed by atoms with Gasteiger partial charge in [-0.2, -0.15) is 18.3 Å². The highest BCUT2D eigenvalue weighted by molar-refractivity contribution is 7.14. The van der Waals surface area contributed by atoms with Gasteiger partial charge in [-0.15, -0.1) is 11.3 Å². The summed E-state index contributed by atoms with van der Waals surface area (Å²) < 4.78 is 43.7. The van der Waals surface area contributed by atoms with Crippen molar-refractivity contribution in [2.24, 2.45) is 0 Å². The SMILES string of the molecule is CCOC(=O)c1sc(C)c2c1CCc1cn(CC(F)(F)F)nc1-2. The van der Waals surface area contributed by atoms with Crippen LogP contribution in [0.1, 0.15) is 32.6 Å². The predicted molar refractivity (Wildman–Crippen MR) is 79.7 cm³/mol. The summed E-state index contributed by atoms with van der Waals surface area (Å²) in [6, 6.07) is 0. The molecular weight excluding hydrogens is 329 g/mol. The molecule has 0 atom stereocenters. The quantitative estimate of drug-likeness (QED) is 0.797. The number of hydrogen-bond donors (Lipinski definition) is 0. The molecule has 4 nitrogen and oxygen atoms in total. The Morgan fingerprint density at radius 2 is 2.17 bits per heavy atom. The second-order valence-corrected chi connectivity index (χ2v) is 6.60. The maximum absolute atomic E-state index is 12.6. The summed E-state index contributed by atoms with van der Waals surface area (Å²) in [4.78, 5) is 13.5. The number of aromatic nitrogens is 2. The number of alkyl halides is 3. The van der Waals surface area contributed by atoms with Crippen molar-refractivity contribution in [2.75, 3.05) is 6.61 Å². The molecule has 0 bridgehead atoms. The molecule has 0 radical (unpaired) electrons. The fourth-order valence-corrected chi connectivity index (χ4v) is 3.98. The zero-order chi connectivity index (χ0) is 16.8. The molecule has 3 rings (SSSR count). The molecule has 124 valence electrons. The molecule has 0 aromatic carbocycles. The number of rotatable bonds is 3. The third kappa shape index (κ3) is 2.99. The van der Waals surface area contributed by atoms with Crippen molar-refractivity contribution < 1.29 is 22.7 Å². The molecule has 1 aliphatic rings. The number of nitrogens with zero attached hydrogens (tertiary/aromatic N) is 2. The van der Waals surface area contributed by atoms with Crippen LogP contribution in [0.3, 0.4) is 0 Å². The van der Waals surface area contributed by atoms with Gasteiger partial charge in [0.1, 0.15) is 11.4 Å². The Balaban J connectivity index is 2.03. The molecular formula is C15H15F3N2O2S. The van der Waals surface area contributed by atoms with Gasteiger partial charge in [0.25, 0.3) is 0 Å². The first-order valence-corrected chi connectivity index (χ1v) is 8.04. The van der Waals surface area contributed by atoms with Gasteiger partial charge in [-0.1, -0.05) is 0 Å². The van der Waals surface area contributed by atoms with E-state index >= 15 is 0 Å². The van der Waals surface area contributed by atoms with Gasteiger partial charge in [0.2, 0.25) is 0 Å². The van der Waals surface area contributed by atoms with Gasteiger partial charge in [0, 0.05) is 16.6 Å². The number of ether oxygens (including phenoxy) is 1. The van der Waals surface area contributed by atoms with Gasteiger partial charge in [0.15, 0.2) is 0 Å². The van der Waals surface area contributed by atoms with Gasteiger partial charge in [0.05, 0.1) is 12.3 Å². The van der Waals surface area contributed by atoms with Crippen molar-refractivity contribution in [1.82, 2.24) is 9.78 Å². The van der Waals surface area contributed by atoms with Crippen molar-refractivity contribution in [3.63, 3.8) is 0 Å². The number of hydrogen-bond acceptors (Lipinski definition) is 4. The van der Waals surface area contributed by atoms with Crippen LogP contribution in [-0.2, 0) is 24.1 Å². The highest BCUT2D eigenvalue weighted by Gasteiger charge is 2.32. The van der Waals surface area contributed by atoms with E-state index in [9.17, 15) is 18.0 Å². The van der Waals surface area contributed by atoms with Crippen LogP contribution in [-0.4, -0.2) is 28.5 Å². The Labute approximate surface area is 134 Å². The van der Waals surface area contributed by atoms with E-state index in [1.807, 2.05) is 6.92 Å². The van der Waals surface area contributed by atoms with Crippen LogP contribution in [0.25, 0.3) is 11.3 Å². The van der Waals surface area contributed by atoms with Crippen molar-refractivity contribution >= 4 is 17.3 Å². The van der Waals surface area contributed by atoms with Crippen molar-refractivity contribution in [3.05, 3.63) is 27.1 Å². The minimum atomic E-state index is -4.31. The molecule has 1 aliphatic carbocycles. The lowest BCUT2D eigenvalue weighted by Crippen LogP contribution is -2.17. The van der Waals surface area contributed by atoms with Crippen LogP contribution in [0.2, 0.25) is 0 Å². The number of esters is 1. The maximum Gasteiger partial charge on any atom is 0.408 e. The maximum atomic E-state index is 12.6. The monoisotopic (exact) mass is 344 g/mol. The molecule has 0 N–H and O–H groups in total. The van der Waals surface area contributed by atoms with E-state index in [0.29, 0.717) is 23.4 Å². The molecule has 0 fully saturated rings. The predicted octanol–water partition coefficient (Wildman–Crippen LogP) is 3.76. The fraction of sp³-hybridized carbons (Fsp3) is 0.467. The molecule has 2 aromatic rings. The van der Waals surface area contributed by atoms with Crippen molar-refractivity contribution in [3.8, 4) is 11.3 Å². The Morgan fingerprint density at radius 1 is 1.43 bits per heavy atom. The first-order chi connectivity index (χ1) is 10.8. The molecule has 0 saturated carbocycles. The molecule has 0 aliphatic heterocycles. The molecule has 8 heteroatoms. The first-order valence-electron chi connectivity index (χ1n) is 7.23. The first kappa shape index (κ1) is 16.0. The molecule has 0 amide bonds. The van der Waals surface area contributed by atoms with E-state index in [2.05, 4.69) is 5.10 Å². The standard InChI is InChI=1S/C15H15F3N2O2S/c1-3-22-14(21)13-10-5-4-9-6-20(7-15(16,17)18)19-12(9)11(10)8(2)23-13/h6H,3-5,7H2,1-2H3. The average Bonchev–Trinajstić information content (AvgIpc) is 2.97. The molecule has 2 heterocycles. The second-order valence-electron chi connectivity index (χ2n) is 5.38. The van der Waals surface area contributed by atoms with E-state index in [0.717, 1.165) is 26.2 Å². The summed E-state index contributed by atoms with van der Waals surface area (Å²) in [5, 5.41) is 4.11. The Hall–Kier alpha value is -1.83. The van der Waals surface area contributed by atoms with Crippen LogP contribution < -0.4 is 0 Å². The average molecular weight is 344 g/mol. The minimum absolute atomic E-state index is 0.288. The topological polar surface area (TPSA) is 44.1 Å². The van der Waals surface area contributed by atoms with Gasteiger partial charge >= 0.3 is 12.1 Å². The molecule has 2 aromatic heterocycles. The second kappa shape index (κ2) is 5.67. The molecule has 23 heavy (non-hydrogen) atoms. The van der Waals surface area contributed by atoms with E-state index in [-0.39, 0.29) is 12.6 Å². The Bertz CT molecular complexity index is 762. The van der Waals surface area contributed by atoms with Crippen LogP contribution in [0.4, 0.5) is 13.2 Å². The lowest BCUT2D eigenvalue weighted by Gasteiger charge is -2.13. The summed E-state index contributed by atoms with van der Waals surface area (Å²) in [7, 11) is 0. The Morgan fingerprint density at radius 3 is 2.83 bits per heavy atom. The number of thiophene rings is 1. The van der Waals surface area contributed by atoms with Gasteiger partial charge in [-0.05, 0) is 37.8 Å². The molecule has 0 spiro atoms. The van der Waals surface area contributed by atoms with Crippen LogP contribution in [0.15, 0.2) is 6.20 Å². The van der Waals surface area contributed by atoms with E-state index < -0.39 is 12.7 Å². The highest BCUT2D eigenvalue weighted by atomic mass is 32.1. The van der Waals surface area contributed by atoms with E-state index in [4.69, 9.17) is 4.74 Å². The fourth-order valence-electron chi connectivity index (χ4n) is 2.88. The molecule has 0 unspecified atom stereocenters. The third-order valence-corrected chi connectivity index (χ3v) is 4.83. The number of halogens is 3. The largest absolute Gasteiger partial charge is 0.462 e. The molecule has 0 saturated heterocycles. The highest BCUT2D eigenvalue weighted by Crippen LogP contribution is 2.41. The summed E-state index contributed by atoms with van der Waals surface area (Å²) in [5.74, 6) is -0.375. The summed E-state index contributed by atoms with van der Waals surface area (Å²) in [6.45, 7) is 2.77. The lowest BCUT2D eigenvalue weighted by molar-refractivity contribution is -0.142. The summed E-state index contributed by atoms with van der Waals surface area (Å²) in [6.07, 6.45) is -1.68. The van der Waals surface area contributed by atoms with Gasteiger partial charge in [-0.3, -0.25) is 4.68 Å². The summed E-state index contributed by atoms with van der Waals surface area (Å²) >= 11 is 1.32. The Kier molecular flexibility index (Phi) is 3.95. The summed E-state index contributed by atoms with van der Waals surface area (Å²) in [5.41, 5.74) is 2.98. The van der Waals surface area contributed by atoms with Crippen LogP contribution in [0, 0.1) is 6.92 Å². The lowest BCUT2D eigenvalue weighted by atomic mass is 9.91. The van der Waals surface area contributed by atoms with Crippen molar-refractivity contribution in [1.29, 1.82) is 0 Å². The zero-order valence-electron chi connectivity index (χ0n) is 12.7.